The average molecular weight is 574 g/mol. The van der Waals surface area contributed by atoms with Gasteiger partial charge in [-0.05, 0) is 70.5 Å². The van der Waals surface area contributed by atoms with E-state index in [4.69, 9.17) is 9.47 Å². The summed E-state index contributed by atoms with van der Waals surface area (Å²) in [4.78, 5) is 52.7. The number of halogens is 1. The first-order chi connectivity index (χ1) is 17.3. The third kappa shape index (κ3) is 6.54. The molecule has 0 saturated carbocycles. The van der Waals surface area contributed by atoms with Gasteiger partial charge in [-0.3, -0.25) is 24.1 Å². The van der Waals surface area contributed by atoms with Crippen LogP contribution in [0.4, 0.5) is 10.5 Å². The number of thioether (sulfide) groups is 1. The Hall–Kier alpha value is -3.15. The van der Waals surface area contributed by atoms with Crippen LogP contribution in [0.1, 0.15) is 11.1 Å². The van der Waals surface area contributed by atoms with Crippen molar-refractivity contribution in [2.24, 2.45) is 0 Å². The van der Waals surface area contributed by atoms with Gasteiger partial charge >= 0.3 is 0 Å². The third-order valence-corrected chi connectivity index (χ3v) is 7.01. The number of carbonyl (C=O) groups is 4. The molecule has 2 fully saturated rings. The van der Waals surface area contributed by atoms with Gasteiger partial charge in [0.15, 0.2) is 6.61 Å². The van der Waals surface area contributed by atoms with E-state index in [1.54, 1.807) is 41.3 Å². The Kier molecular flexibility index (Phi) is 8.44. The van der Waals surface area contributed by atoms with Crippen LogP contribution in [0.25, 0.3) is 6.08 Å². The largest absolute Gasteiger partial charge is 0.483 e. The van der Waals surface area contributed by atoms with Crippen LogP contribution in [-0.2, 0) is 19.1 Å². The lowest BCUT2D eigenvalue weighted by molar-refractivity contribution is -0.137. The van der Waals surface area contributed by atoms with Crippen LogP contribution in [0.2, 0.25) is 0 Å². The van der Waals surface area contributed by atoms with E-state index in [0.29, 0.717) is 47.8 Å². The van der Waals surface area contributed by atoms with Gasteiger partial charge in [-0.25, -0.2) is 0 Å². The summed E-state index contributed by atoms with van der Waals surface area (Å²) in [6.07, 6.45) is 1.58. The SMILES string of the molecule is Cc1ccc(NC(=O)CN2C(=O)S/C(=C\c3ccc(OCC(=O)N4CCOCC4)c(Br)c3)C2=O)cc1. The highest BCUT2D eigenvalue weighted by molar-refractivity contribution is 9.10. The molecule has 188 valence electrons. The normalized spacial score (nSPS) is 17.0. The molecule has 0 spiro atoms. The van der Waals surface area contributed by atoms with Crippen LogP contribution in [0, 0.1) is 6.92 Å². The van der Waals surface area contributed by atoms with Gasteiger partial charge in [-0.2, -0.15) is 0 Å². The molecule has 4 rings (SSSR count). The smallest absolute Gasteiger partial charge is 0.294 e. The lowest BCUT2D eigenvalue weighted by Crippen LogP contribution is -2.43. The summed E-state index contributed by atoms with van der Waals surface area (Å²) in [6, 6.07) is 12.4. The topological polar surface area (TPSA) is 105 Å². The summed E-state index contributed by atoms with van der Waals surface area (Å²) >= 11 is 4.21. The van der Waals surface area contributed by atoms with E-state index in [0.717, 1.165) is 22.2 Å². The molecule has 2 aliphatic rings. The van der Waals surface area contributed by atoms with E-state index in [-0.39, 0.29) is 24.0 Å². The maximum Gasteiger partial charge on any atom is 0.294 e. The molecule has 2 aromatic rings. The number of nitrogens with zero attached hydrogens (tertiary/aromatic N) is 2. The van der Waals surface area contributed by atoms with Crippen LogP contribution >= 0.6 is 27.7 Å². The lowest BCUT2D eigenvalue weighted by atomic mass is 10.2. The second-order valence-corrected chi connectivity index (χ2v) is 10.0. The molecule has 0 bridgehead atoms. The Labute approximate surface area is 220 Å². The number of anilines is 1. The number of carbonyl (C=O) groups excluding carboxylic acids is 4. The first-order valence-corrected chi connectivity index (χ1v) is 12.8. The molecule has 0 atom stereocenters. The fourth-order valence-corrected chi connectivity index (χ4v) is 4.89. The fraction of sp³-hybridized carbons (Fsp3) is 0.280. The molecule has 11 heteroatoms. The van der Waals surface area contributed by atoms with Crippen LogP contribution < -0.4 is 10.1 Å². The van der Waals surface area contributed by atoms with Crippen LogP contribution in [-0.4, -0.2) is 72.2 Å². The highest BCUT2D eigenvalue weighted by atomic mass is 79.9. The van der Waals surface area contributed by atoms with Crippen molar-refractivity contribution in [3.8, 4) is 5.75 Å². The lowest BCUT2D eigenvalue weighted by Gasteiger charge is -2.26. The number of aryl methyl sites for hydroxylation is 1. The number of ether oxygens (including phenoxy) is 2. The zero-order valence-corrected chi connectivity index (χ0v) is 21.9. The van der Waals surface area contributed by atoms with Gasteiger partial charge < -0.3 is 19.7 Å². The number of imide groups is 1. The van der Waals surface area contributed by atoms with E-state index in [2.05, 4.69) is 21.2 Å². The quantitative estimate of drug-likeness (QED) is 0.504. The molecule has 2 aliphatic heterocycles. The standard InChI is InChI=1S/C25H24BrN3O6S/c1-16-2-5-18(6-3-16)27-22(30)14-29-24(32)21(36-25(29)33)13-17-4-7-20(19(26)12-17)35-15-23(31)28-8-10-34-11-9-28/h2-7,12-13H,8-11,14-15H2,1H3,(H,27,30)/b21-13-. The Morgan fingerprint density at radius 3 is 2.56 bits per heavy atom. The van der Waals surface area contributed by atoms with E-state index in [1.807, 2.05) is 19.1 Å². The first kappa shape index (κ1) is 25.9. The van der Waals surface area contributed by atoms with Gasteiger partial charge in [-0.15, -0.1) is 0 Å². The van der Waals surface area contributed by atoms with Crippen molar-refractivity contribution in [2.75, 3.05) is 44.8 Å². The maximum absolute atomic E-state index is 12.8. The minimum atomic E-state index is -0.531. The fourth-order valence-electron chi connectivity index (χ4n) is 3.54. The molecule has 0 radical (unpaired) electrons. The third-order valence-electron chi connectivity index (χ3n) is 5.48. The molecule has 0 aliphatic carbocycles. The zero-order valence-electron chi connectivity index (χ0n) is 19.5. The predicted octanol–water partition coefficient (Wildman–Crippen LogP) is 3.67. The predicted molar refractivity (Wildman–Crippen MR) is 140 cm³/mol. The minimum absolute atomic E-state index is 0.0957. The number of nitrogens with one attached hydrogen (secondary N) is 1. The van der Waals surface area contributed by atoms with Crippen molar-refractivity contribution in [1.82, 2.24) is 9.80 Å². The highest BCUT2D eigenvalue weighted by Crippen LogP contribution is 2.34. The second kappa shape index (κ2) is 11.7. The number of rotatable bonds is 7. The Balaban J connectivity index is 1.35. The molecular formula is C25H24BrN3O6S. The van der Waals surface area contributed by atoms with Crippen LogP contribution in [0.5, 0.6) is 5.75 Å². The summed E-state index contributed by atoms with van der Waals surface area (Å²) in [5.41, 5.74) is 2.30. The van der Waals surface area contributed by atoms with Gasteiger partial charge in [0.2, 0.25) is 5.91 Å². The summed E-state index contributed by atoms with van der Waals surface area (Å²) in [7, 11) is 0. The van der Waals surface area contributed by atoms with Crippen molar-refractivity contribution < 1.29 is 28.7 Å². The Bertz CT molecular complexity index is 1210. The molecule has 0 aromatic heterocycles. The van der Waals surface area contributed by atoms with Crippen molar-refractivity contribution >= 4 is 62.4 Å². The van der Waals surface area contributed by atoms with Crippen LogP contribution in [0.3, 0.4) is 0 Å². The Morgan fingerprint density at radius 1 is 1.14 bits per heavy atom. The van der Waals surface area contributed by atoms with Crippen molar-refractivity contribution in [1.29, 1.82) is 0 Å². The second-order valence-electron chi connectivity index (χ2n) is 8.15. The summed E-state index contributed by atoms with van der Waals surface area (Å²) in [6.45, 7) is 3.60. The van der Waals surface area contributed by atoms with Crippen LogP contribution in [0.15, 0.2) is 51.8 Å². The minimum Gasteiger partial charge on any atom is -0.483 e. The molecule has 2 aromatic carbocycles. The van der Waals surface area contributed by atoms with E-state index < -0.39 is 17.1 Å². The summed E-state index contributed by atoms with van der Waals surface area (Å²) in [5, 5.41) is 2.18. The molecule has 2 saturated heterocycles. The van der Waals surface area contributed by atoms with Gasteiger partial charge in [0.05, 0.1) is 22.6 Å². The molecule has 4 amide bonds. The molecule has 9 nitrogen and oxygen atoms in total. The van der Waals surface area contributed by atoms with E-state index in [1.165, 1.54) is 0 Å². The summed E-state index contributed by atoms with van der Waals surface area (Å²) < 4.78 is 11.5. The number of hydrogen-bond donors (Lipinski definition) is 1. The molecule has 2 heterocycles. The number of benzene rings is 2. The van der Waals surface area contributed by atoms with Gasteiger partial charge in [0.25, 0.3) is 17.1 Å². The van der Waals surface area contributed by atoms with Gasteiger partial charge in [-0.1, -0.05) is 23.8 Å². The number of hydrogen-bond acceptors (Lipinski definition) is 7. The van der Waals surface area contributed by atoms with Crippen molar-refractivity contribution in [3.63, 3.8) is 0 Å². The number of amides is 4. The van der Waals surface area contributed by atoms with Gasteiger partial charge in [0, 0.05) is 18.8 Å². The maximum atomic E-state index is 12.8. The first-order valence-electron chi connectivity index (χ1n) is 11.2. The average Bonchev–Trinajstić information content (AvgIpc) is 3.12. The molecule has 0 unspecified atom stereocenters. The zero-order chi connectivity index (χ0) is 25.7. The Morgan fingerprint density at radius 2 is 1.86 bits per heavy atom. The molecule has 36 heavy (non-hydrogen) atoms. The number of morpholine rings is 1. The highest BCUT2D eigenvalue weighted by Gasteiger charge is 2.36. The van der Waals surface area contributed by atoms with Crippen molar-refractivity contribution in [3.05, 3.63) is 63.0 Å². The van der Waals surface area contributed by atoms with Gasteiger partial charge in [0.1, 0.15) is 12.3 Å². The summed E-state index contributed by atoms with van der Waals surface area (Å²) in [5.74, 6) is -0.626. The van der Waals surface area contributed by atoms with E-state index >= 15 is 0 Å². The van der Waals surface area contributed by atoms with E-state index in [9.17, 15) is 19.2 Å². The molecule has 1 N–H and O–H groups in total. The molecular weight excluding hydrogens is 550 g/mol. The monoisotopic (exact) mass is 573 g/mol. The van der Waals surface area contributed by atoms with Crippen molar-refractivity contribution in [2.45, 2.75) is 6.92 Å².